The summed E-state index contributed by atoms with van der Waals surface area (Å²) in [6.07, 6.45) is 1.87. The number of nitrogens with one attached hydrogen (secondary N) is 2. The Hall–Kier alpha value is -3.66. The van der Waals surface area contributed by atoms with Crippen LogP contribution < -0.4 is 5.43 Å². The highest BCUT2D eigenvalue weighted by atomic mass is 15.3. The third-order valence-electron chi connectivity index (χ3n) is 4.57. The van der Waals surface area contributed by atoms with Gasteiger partial charge in [0.15, 0.2) is 0 Å². The van der Waals surface area contributed by atoms with Gasteiger partial charge in [-0.15, -0.1) is 0 Å². The van der Waals surface area contributed by atoms with Gasteiger partial charge >= 0.3 is 0 Å². The second-order valence-corrected chi connectivity index (χ2v) is 6.21. The maximum absolute atomic E-state index is 4.49. The molecule has 4 nitrogen and oxygen atoms in total. The molecule has 0 atom stereocenters. The Labute approximate surface area is 150 Å². The third kappa shape index (κ3) is 2.48. The fraction of sp³-hybridized carbons (Fsp3) is 0. The maximum atomic E-state index is 4.49. The maximum Gasteiger partial charge on any atom is 0.222 e. The molecule has 0 aliphatic heterocycles. The van der Waals surface area contributed by atoms with Crippen LogP contribution in [-0.2, 0) is 0 Å². The van der Waals surface area contributed by atoms with E-state index in [4.69, 9.17) is 0 Å². The van der Waals surface area contributed by atoms with Crippen molar-refractivity contribution in [3.05, 3.63) is 84.4 Å². The van der Waals surface area contributed by atoms with Crippen molar-refractivity contribution in [1.29, 1.82) is 0 Å². The molecule has 0 aliphatic carbocycles. The summed E-state index contributed by atoms with van der Waals surface area (Å²) in [4.78, 5) is 7.71. The SMILES string of the molecule is C(=NNc1nc2ccccc2[nH]1)c1c2ccccc2cc2ccccc12. The van der Waals surface area contributed by atoms with E-state index in [1.54, 1.807) is 0 Å². The first kappa shape index (κ1) is 14.7. The second kappa shape index (κ2) is 6.01. The summed E-state index contributed by atoms with van der Waals surface area (Å²) in [6.45, 7) is 0. The Morgan fingerprint density at radius 2 is 1.46 bits per heavy atom. The zero-order valence-corrected chi connectivity index (χ0v) is 14.0. The van der Waals surface area contributed by atoms with Gasteiger partial charge in [-0.05, 0) is 39.7 Å². The van der Waals surface area contributed by atoms with Gasteiger partial charge in [0.05, 0.1) is 17.2 Å². The lowest BCUT2D eigenvalue weighted by molar-refractivity contribution is 1.22. The molecule has 2 N–H and O–H groups in total. The van der Waals surface area contributed by atoms with E-state index < -0.39 is 0 Å². The van der Waals surface area contributed by atoms with Crippen LogP contribution in [0.2, 0.25) is 0 Å². The van der Waals surface area contributed by atoms with E-state index in [1.807, 2.05) is 30.5 Å². The van der Waals surface area contributed by atoms with Crippen LogP contribution in [0, 0.1) is 0 Å². The number of hydrogen-bond acceptors (Lipinski definition) is 3. The van der Waals surface area contributed by atoms with Crippen LogP contribution in [0.3, 0.4) is 0 Å². The van der Waals surface area contributed by atoms with Gasteiger partial charge in [-0.2, -0.15) is 5.10 Å². The standard InChI is InChI=1S/C22H16N4/c1-3-9-17-15(7-1)13-16-8-2-4-10-18(16)19(17)14-23-26-22-24-20-11-5-6-12-21(20)25-22/h1-14H,(H2,24,25,26). The van der Waals surface area contributed by atoms with Crippen LogP contribution in [0.25, 0.3) is 32.6 Å². The van der Waals surface area contributed by atoms with Crippen LogP contribution >= 0.6 is 0 Å². The number of fused-ring (bicyclic) bond motifs is 3. The van der Waals surface area contributed by atoms with Gasteiger partial charge < -0.3 is 4.98 Å². The van der Waals surface area contributed by atoms with Crippen molar-refractivity contribution in [2.24, 2.45) is 5.10 Å². The third-order valence-corrected chi connectivity index (χ3v) is 4.57. The molecule has 1 heterocycles. The first-order valence-electron chi connectivity index (χ1n) is 8.53. The molecule has 0 aliphatic rings. The average molecular weight is 336 g/mol. The summed E-state index contributed by atoms with van der Waals surface area (Å²) in [5.74, 6) is 0.631. The molecule has 0 fully saturated rings. The number of rotatable bonds is 3. The number of para-hydroxylation sites is 2. The normalized spacial score (nSPS) is 11.7. The van der Waals surface area contributed by atoms with Crippen molar-refractivity contribution in [2.45, 2.75) is 0 Å². The van der Waals surface area contributed by atoms with E-state index in [9.17, 15) is 0 Å². The second-order valence-electron chi connectivity index (χ2n) is 6.21. The van der Waals surface area contributed by atoms with Crippen molar-refractivity contribution in [2.75, 3.05) is 5.43 Å². The van der Waals surface area contributed by atoms with Gasteiger partial charge in [-0.1, -0.05) is 60.7 Å². The number of anilines is 1. The number of hydrazone groups is 1. The van der Waals surface area contributed by atoms with Crippen molar-refractivity contribution in [3.8, 4) is 0 Å². The topological polar surface area (TPSA) is 53.1 Å². The number of aromatic nitrogens is 2. The fourth-order valence-corrected chi connectivity index (χ4v) is 3.35. The molecule has 26 heavy (non-hydrogen) atoms. The Balaban J connectivity index is 1.57. The number of benzene rings is 4. The number of imidazole rings is 1. The number of hydrogen-bond donors (Lipinski definition) is 2. The Kier molecular flexibility index (Phi) is 3.39. The summed E-state index contributed by atoms with van der Waals surface area (Å²) in [6, 6.07) is 26.9. The van der Waals surface area contributed by atoms with E-state index in [0.717, 1.165) is 16.6 Å². The van der Waals surface area contributed by atoms with Gasteiger partial charge in [-0.25, -0.2) is 10.4 Å². The smallest absolute Gasteiger partial charge is 0.222 e. The molecule has 1 aromatic heterocycles. The zero-order valence-electron chi connectivity index (χ0n) is 14.0. The lowest BCUT2D eigenvalue weighted by atomic mass is 9.97. The van der Waals surface area contributed by atoms with E-state index in [2.05, 4.69) is 75.1 Å². The van der Waals surface area contributed by atoms with Crippen molar-refractivity contribution < 1.29 is 0 Å². The predicted octanol–water partition coefficient (Wildman–Crippen LogP) is 5.32. The molecular weight excluding hydrogens is 320 g/mol. The van der Waals surface area contributed by atoms with Gasteiger partial charge in [0.2, 0.25) is 5.95 Å². The summed E-state index contributed by atoms with van der Waals surface area (Å²) in [5.41, 5.74) is 6.02. The lowest BCUT2D eigenvalue weighted by Crippen LogP contribution is -1.94. The average Bonchev–Trinajstić information content (AvgIpc) is 3.10. The minimum Gasteiger partial charge on any atom is -0.323 e. The summed E-state index contributed by atoms with van der Waals surface area (Å²) in [5, 5.41) is 9.21. The van der Waals surface area contributed by atoms with Gasteiger partial charge in [0.1, 0.15) is 0 Å². The molecule has 0 amide bonds. The minimum atomic E-state index is 0.631. The molecule has 5 rings (SSSR count). The number of nitrogens with zero attached hydrogens (tertiary/aromatic N) is 2. The molecule has 0 saturated carbocycles. The lowest BCUT2D eigenvalue weighted by Gasteiger charge is -2.07. The zero-order chi connectivity index (χ0) is 17.3. The van der Waals surface area contributed by atoms with Crippen LogP contribution in [-0.4, -0.2) is 16.2 Å². The highest BCUT2D eigenvalue weighted by Crippen LogP contribution is 2.27. The van der Waals surface area contributed by atoms with Crippen molar-refractivity contribution in [1.82, 2.24) is 9.97 Å². The van der Waals surface area contributed by atoms with Crippen molar-refractivity contribution >= 4 is 44.7 Å². The van der Waals surface area contributed by atoms with E-state index in [1.165, 1.54) is 21.5 Å². The molecule has 124 valence electrons. The predicted molar refractivity (Wildman–Crippen MR) is 109 cm³/mol. The van der Waals surface area contributed by atoms with Gasteiger partial charge in [0, 0.05) is 5.56 Å². The molecular formula is C22H16N4. The summed E-state index contributed by atoms with van der Waals surface area (Å²) in [7, 11) is 0. The molecule has 0 saturated heterocycles. The highest BCUT2D eigenvalue weighted by Gasteiger charge is 2.05. The van der Waals surface area contributed by atoms with Crippen molar-refractivity contribution in [3.63, 3.8) is 0 Å². The summed E-state index contributed by atoms with van der Waals surface area (Å²) < 4.78 is 0. The number of H-pyrrole nitrogens is 1. The van der Waals surface area contributed by atoms with Crippen LogP contribution in [0.1, 0.15) is 5.56 Å². The van der Waals surface area contributed by atoms with Gasteiger partial charge in [0.25, 0.3) is 0 Å². The van der Waals surface area contributed by atoms with Crippen LogP contribution in [0.15, 0.2) is 84.0 Å². The largest absolute Gasteiger partial charge is 0.323 e. The quantitative estimate of drug-likeness (QED) is 0.266. The van der Waals surface area contributed by atoms with Gasteiger partial charge in [-0.3, -0.25) is 0 Å². The first-order valence-corrected chi connectivity index (χ1v) is 8.53. The molecule has 4 aromatic carbocycles. The molecule has 0 radical (unpaired) electrons. The Bertz CT molecular complexity index is 1180. The first-order chi connectivity index (χ1) is 12.9. The van der Waals surface area contributed by atoms with Crippen LogP contribution in [0.5, 0.6) is 0 Å². The highest BCUT2D eigenvalue weighted by molar-refractivity contribution is 6.13. The monoisotopic (exact) mass is 336 g/mol. The molecule has 0 unspecified atom stereocenters. The fourth-order valence-electron chi connectivity index (χ4n) is 3.35. The van der Waals surface area contributed by atoms with E-state index in [-0.39, 0.29) is 0 Å². The molecule has 4 heteroatoms. The molecule has 5 aromatic rings. The Morgan fingerprint density at radius 1 is 0.808 bits per heavy atom. The van der Waals surface area contributed by atoms with Crippen LogP contribution in [0.4, 0.5) is 5.95 Å². The number of aromatic amines is 1. The Morgan fingerprint density at radius 3 is 2.19 bits per heavy atom. The molecule has 0 bridgehead atoms. The summed E-state index contributed by atoms with van der Waals surface area (Å²) >= 11 is 0. The minimum absolute atomic E-state index is 0.631. The molecule has 0 spiro atoms. The van der Waals surface area contributed by atoms with E-state index in [0.29, 0.717) is 5.95 Å². The van der Waals surface area contributed by atoms with E-state index >= 15 is 0 Å².